The molecule has 0 amide bonds. The van der Waals surface area contributed by atoms with E-state index in [1.165, 1.54) is 10.7 Å². The monoisotopic (exact) mass is 269 g/mol. The number of ether oxygens (including phenoxy) is 1. The average molecular weight is 269 g/mol. The van der Waals surface area contributed by atoms with Crippen LogP contribution < -0.4 is 4.74 Å². The van der Waals surface area contributed by atoms with E-state index in [0.717, 1.165) is 16.7 Å². The van der Waals surface area contributed by atoms with Crippen LogP contribution in [0.2, 0.25) is 0 Å². The van der Waals surface area contributed by atoms with Gasteiger partial charge in [0.15, 0.2) is 0 Å². The quantitative estimate of drug-likeness (QED) is 0.541. The predicted molar refractivity (Wildman–Crippen MR) is 74.3 cm³/mol. The van der Waals surface area contributed by atoms with Crippen LogP contribution in [0.5, 0.6) is 5.75 Å². The first kappa shape index (κ1) is 12.2. The van der Waals surface area contributed by atoms with Gasteiger partial charge >= 0.3 is 0 Å². The van der Waals surface area contributed by atoms with Crippen LogP contribution >= 0.6 is 0 Å². The highest BCUT2D eigenvalue weighted by molar-refractivity contribution is 5.80. The van der Waals surface area contributed by atoms with E-state index in [9.17, 15) is 10.1 Å². The van der Waals surface area contributed by atoms with E-state index in [1.807, 2.05) is 12.1 Å². The third-order valence-electron chi connectivity index (χ3n) is 3.04. The third kappa shape index (κ3) is 1.97. The number of benzene rings is 2. The number of methoxy groups -OCH3 is 1. The molecule has 0 aliphatic carbocycles. The van der Waals surface area contributed by atoms with Crippen molar-refractivity contribution in [2.45, 2.75) is 0 Å². The molecule has 0 N–H and O–H groups in total. The average Bonchev–Trinajstić information content (AvgIpc) is 2.89. The molecule has 0 bridgehead atoms. The van der Waals surface area contributed by atoms with E-state index in [1.54, 1.807) is 37.6 Å². The number of hydrogen-bond donors (Lipinski definition) is 0. The second-order valence-corrected chi connectivity index (χ2v) is 4.24. The van der Waals surface area contributed by atoms with Crippen molar-refractivity contribution >= 4 is 16.6 Å². The van der Waals surface area contributed by atoms with Gasteiger partial charge in [0, 0.05) is 17.6 Å². The fourth-order valence-electron chi connectivity index (χ4n) is 2.07. The molecular formula is C14H11N3O3. The van der Waals surface area contributed by atoms with Gasteiger partial charge in [-0.2, -0.15) is 5.10 Å². The van der Waals surface area contributed by atoms with Crippen molar-refractivity contribution in [3.05, 3.63) is 58.8 Å². The summed E-state index contributed by atoms with van der Waals surface area (Å²) < 4.78 is 6.67. The number of nitro groups is 1. The topological polar surface area (TPSA) is 70.2 Å². The number of rotatable bonds is 3. The van der Waals surface area contributed by atoms with E-state index in [-0.39, 0.29) is 5.69 Å². The molecule has 0 unspecified atom stereocenters. The third-order valence-corrected chi connectivity index (χ3v) is 3.04. The zero-order valence-electron chi connectivity index (χ0n) is 10.7. The highest BCUT2D eigenvalue weighted by atomic mass is 16.6. The Labute approximate surface area is 114 Å². The molecule has 0 fully saturated rings. The summed E-state index contributed by atoms with van der Waals surface area (Å²) in [5, 5.41) is 16.3. The van der Waals surface area contributed by atoms with Crippen molar-refractivity contribution in [3.8, 4) is 11.4 Å². The van der Waals surface area contributed by atoms with E-state index in [4.69, 9.17) is 4.74 Å². The van der Waals surface area contributed by atoms with Crippen LogP contribution in [-0.4, -0.2) is 21.8 Å². The molecule has 20 heavy (non-hydrogen) atoms. The molecule has 3 rings (SSSR count). The Bertz CT molecular complexity index is 795. The second-order valence-electron chi connectivity index (χ2n) is 4.24. The normalized spacial score (nSPS) is 10.7. The van der Waals surface area contributed by atoms with Crippen LogP contribution in [0.1, 0.15) is 0 Å². The van der Waals surface area contributed by atoms with E-state index < -0.39 is 4.92 Å². The molecule has 100 valence electrons. The summed E-state index contributed by atoms with van der Waals surface area (Å²) in [7, 11) is 1.59. The van der Waals surface area contributed by atoms with E-state index >= 15 is 0 Å². The molecule has 0 aliphatic rings. The van der Waals surface area contributed by atoms with Crippen molar-refractivity contribution in [1.29, 1.82) is 0 Å². The van der Waals surface area contributed by atoms with Crippen molar-refractivity contribution in [2.75, 3.05) is 7.11 Å². The van der Waals surface area contributed by atoms with Gasteiger partial charge in [0.2, 0.25) is 0 Å². The molecule has 0 atom stereocenters. The van der Waals surface area contributed by atoms with Gasteiger partial charge < -0.3 is 4.74 Å². The molecule has 0 spiro atoms. The zero-order chi connectivity index (χ0) is 14.1. The van der Waals surface area contributed by atoms with Crippen molar-refractivity contribution < 1.29 is 9.66 Å². The van der Waals surface area contributed by atoms with Crippen LogP contribution in [0.3, 0.4) is 0 Å². The van der Waals surface area contributed by atoms with Crippen LogP contribution in [0.4, 0.5) is 5.69 Å². The molecule has 6 nitrogen and oxygen atoms in total. The van der Waals surface area contributed by atoms with Gasteiger partial charge in [0.1, 0.15) is 11.4 Å². The number of para-hydroxylation sites is 2. The van der Waals surface area contributed by atoms with Crippen LogP contribution in [0.25, 0.3) is 16.6 Å². The highest BCUT2D eigenvalue weighted by Crippen LogP contribution is 2.25. The summed E-state index contributed by atoms with van der Waals surface area (Å²) in [6.07, 6.45) is 1.75. The number of hydrogen-bond acceptors (Lipinski definition) is 4. The fraction of sp³-hybridized carbons (Fsp3) is 0.0714. The van der Waals surface area contributed by atoms with Crippen LogP contribution in [-0.2, 0) is 0 Å². The Hall–Kier alpha value is -2.89. The van der Waals surface area contributed by atoms with Crippen molar-refractivity contribution in [3.63, 3.8) is 0 Å². The number of nitrogens with zero attached hydrogens (tertiary/aromatic N) is 3. The van der Waals surface area contributed by atoms with Gasteiger partial charge in [0.05, 0.1) is 17.5 Å². The van der Waals surface area contributed by atoms with Crippen molar-refractivity contribution in [2.24, 2.45) is 0 Å². The lowest BCUT2D eigenvalue weighted by atomic mass is 10.2. The molecule has 1 heterocycles. The van der Waals surface area contributed by atoms with Gasteiger partial charge in [-0.1, -0.05) is 12.1 Å². The fourth-order valence-corrected chi connectivity index (χ4v) is 2.07. The molecule has 0 saturated carbocycles. The van der Waals surface area contributed by atoms with Gasteiger partial charge in [-0.15, -0.1) is 0 Å². The predicted octanol–water partition coefficient (Wildman–Crippen LogP) is 2.94. The van der Waals surface area contributed by atoms with Gasteiger partial charge in [-0.25, -0.2) is 4.68 Å². The Morgan fingerprint density at radius 1 is 1.25 bits per heavy atom. The first-order chi connectivity index (χ1) is 9.69. The summed E-state index contributed by atoms with van der Waals surface area (Å²) >= 11 is 0. The molecule has 6 heteroatoms. The van der Waals surface area contributed by atoms with Crippen LogP contribution in [0.15, 0.2) is 48.7 Å². The van der Waals surface area contributed by atoms with E-state index in [0.29, 0.717) is 5.69 Å². The maximum absolute atomic E-state index is 11.1. The summed E-state index contributed by atoms with van der Waals surface area (Å²) in [6, 6.07) is 12.0. The molecule has 3 aromatic rings. The first-order valence-electron chi connectivity index (χ1n) is 5.96. The first-order valence-corrected chi connectivity index (χ1v) is 5.96. The molecule has 0 aliphatic heterocycles. The molecule has 0 saturated heterocycles. The smallest absolute Gasteiger partial charge is 0.294 e. The maximum Gasteiger partial charge on any atom is 0.294 e. The molecule has 1 aromatic heterocycles. The lowest BCUT2D eigenvalue weighted by molar-refractivity contribution is -0.384. The summed E-state index contributed by atoms with van der Waals surface area (Å²) in [5.41, 5.74) is 1.21. The highest BCUT2D eigenvalue weighted by Gasteiger charge is 2.15. The maximum atomic E-state index is 11.1. The lowest BCUT2D eigenvalue weighted by Crippen LogP contribution is -1.99. The van der Waals surface area contributed by atoms with Gasteiger partial charge in [0.25, 0.3) is 5.69 Å². The van der Waals surface area contributed by atoms with Gasteiger partial charge in [-0.3, -0.25) is 10.1 Å². The SMILES string of the molecule is COc1ccc2nn(-c3ccccc3[N+](=O)[O-])cc2c1. The number of aromatic nitrogens is 2. The number of fused-ring (bicyclic) bond motifs is 1. The Balaban J connectivity index is 2.18. The lowest BCUT2D eigenvalue weighted by Gasteiger charge is -2.01. The van der Waals surface area contributed by atoms with Gasteiger partial charge in [-0.05, 0) is 24.3 Å². The minimum Gasteiger partial charge on any atom is -0.497 e. The zero-order valence-corrected chi connectivity index (χ0v) is 10.7. The second kappa shape index (κ2) is 4.65. The summed E-state index contributed by atoms with van der Waals surface area (Å²) in [5.74, 6) is 0.722. The Morgan fingerprint density at radius 2 is 2.05 bits per heavy atom. The standard InChI is InChI=1S/C14H11N3O3/c1-20-11-6-7-12-10(8-11)9-16(15-12)13-4-2-3-5-14(13)17(18)19/h2-9H,1H3. The van der Waals surface area contributed by atoms with Crippen molar-refractivity contribution in [1.82, 2.24) is 9.78 Å². The Kier molecular flexibility index (Phi) is 2.83. The molecule has 0 radical (unpaired) electrons. The molecule has 2 aromatic carbocycles. The largest absolute Gasteiger partial charge is 0.497 e. The minimum atomic E-state index is -0.414. The summed E-state index contributed by atoms with van der Waals surface area (Å²) in [4.78, 5) is 10.6. The number of nitro benzene ring substituents is 1. The Morgan fingerprint density at radius 3 is 2.80 bits per heavy atom. The summed E-state index contributed by atoms with van der Waals surface area (Å²) in [6.45, 7) is 0. The van der Waals surface area contributed by atoms with Crippen LogP contribution in [0, 0.1) is 10.1 Å². The van der Waals surface area contributed by atoms with E-state index in [2.05, 4.69) is 5.10 Å². The molecular weight excluding hydrogens is 258 g/mol. The minimum absolute atomic E-state index is 0.0206.